The van der Waals surface area contributed by atoms with E-state index in [4.69, 9.17) is 0 Å². The van der Waals surface area contributed by atoms with Gasteiger partial charge in [-0.15, -0.1) is 0 Å². The number of carbonyl (C=O) groups excluding carboxylic acids is 1. The number of aromatic nitrogens is 2. The van der Waals surface area contributed by atoms with E-state index in [1.807, 2.05) is 4.90 Å². The zero-order valence-electron chi connectivity index (χ0n) is 12.2. The predicted molar refractivity (Wildman–Crippen MR) is 81.2 cm³/mol. The molecule has 23 heavy (non-hydrogen) atoms. The third-order valence-corrected chi connectivity index (χ3v) is 3.61. The van der Waals surface area contributed by atoms with E-state index < -0.39 is 17.7 Å². The van der Waals surface area contributed by atoms with E-state index in [2.05, 4.69) is 15.3 Å². The summed E-state index contributed by atoms with van der Waals surface area (Å²) >= 11 is 0. The summed E-state index contributed by atoms with van der Waals surface area (Å²) in [5, 5.41) is 2.46. The molecule has 1 aliphatic heterocycles. The number of halogens is 2. The highest BCUT2D eigenvalue weighted by Crippen LogP contribution is 2.17. The van der Waals surface area contributed by atoms with Gasteiger partial charge in [0.15, 0.2) is 0 Å². The zero-order chi connectivity index (χ0) is 16.2. The van der Waals surface area contributed by atoms with Crippen LogP contribution in [0, 0.1) is 11.6 Å². The summed E-state index contributed by atoms with van der Waals surface area (Å²) in [4.78, 5) is 24.0. The summed E-state index contributed by atoms with van der Waals surface area (Å²) in [6.07, 6.45) is 4.89. The number of benzene rings is 1. The van der Waals surface area contributed by atoms with E-state index in [9.17, 15) is 13.6 Å². The molecule has 2 aromatic rings. The van der Waals surface area contributed by atoms with Crippen LogP contribution in [0.5, 0.6) is 0 Å². The molecule has 1 fully saturated rings. The van der Waals surface area contributed by atoms with E-state index in [-0.39, 0.29) is 5.69 Å². The van der Waals surface area contributed by atoms with Crippen molar-refractivity contribution in [2.45, 2.75) is 0 Å². The molecule has 1 N–H and O–H groups in total. The maximum atomic E-state index is 13.6. The SMILES string of the molecule is O=C(Nc1ccc(F)cc1F)N1CCN(c2cnccn2)CC1. The number of urea groups is 1. The molecule has 0 aliphatic carbocycles. The maximum Gasteiger partial charge on any atom is 0.322 e. The van der Waals surface area contributed by atoms with Crippen LogP contribution in [0.2, 0.25) is 0 Å². The van der Waals surface area contributed by atoms with E-state index in [0.29, 0.717) is 26.2 Å². The molecule has 0 radical (unpaired) electrons. The maximum absolute atomic E-state index is 13.6. The number of rotatable bonds is 2. The van der Waals surface area contributed by atoms with Gasteiger partial charge in [-0.25, -0.2) is 18.6 Å². The smallest absolute Gasteiger partial charge is 0.322 e. The molecule has 2 heterocycles. The number of nitrogens with one attached hydrogen (secondary N) is 1. The van der Waals surface area contributed by atoms with Crippen LogP contribution in [0.25, 0.3) is 0 Å². The molecular formula is C15H15F2N5O. The van der Waals surface area contributed by atoms with Crippen LogP contribution < -0.4 is 10.2 Å². The van der Waals surface area contributed by atoms with Gasteiger partial charge in [0.25, 0.3) is 0 Å². The number of anilines is 2. The summed E-state index contributed by atoms with van der Waals surface area (Å²) in [5.74, 6) is -0.716. The van der Waals surface area contributed by atoms with Gasteiger partial charge in [-0.3, -0.25) is 4.98 Å². The quantitative estimate of drug-likeness (QED) is 0.921. The first-order valence-corrected chi connectivity index (χ1v) is 7.15. The Morgan fingerprint density at radius 3 is 2.57 bits per heavy atom. The van der Waals surface area contributed by atoms with Gasteiger partial charge in [0.2, 0.25) is 0 Å². The highest BCUT2D eigenvalue weighted by molar-refractivity contribution is 5.89. The Morgan fingerprint density at radius 1 is 1.13 bits per heavy atom. The van der Waals surface area contributed by atoms with Gasteiger partial charge in [0.1, 0.15) is 17.5 Å². The molecule has 1 aliphatic rings. The van der Waals surface area contributed by atoms with Gasteiger partial charge in [-0.2, -0.15) is 0 Å². The highest BCUT2D eigenvalue weighted by Gasteiger charge is 2.22. The van der Waals surface area contributed by atoms with Crippen molar-refractivity contribution in [3.05, 3.63) is 48.4 Å². The predicted octanol–water partition coefficient (Wildman–Crippen LogP) is 2.11. The first-order chi connectivity index (χ1) is 11.1. The summed E-state index contributed by atoms with van der Waals surface area (Å²) in [7, 11) is 0. The minimum atomic E-state index is -0.795. The third kappa shape index (κ3) is 3.53. The lowest BCUT2D eigenvalue weighted by atomic mass is 10.3. The van der Waals surface area contributed by atoms with Crippen molar-refractivity contribution in [2.24, 2.45) is 0 Å². The monoisotopic (exact) mass is 319 g/mol. The van der Waals surface area contributed by atoms with Crippen LogP contribution >= 0.6 is 0 Å². The van der Waals surface area contributed by atoms with Gasteiger partial charge >= 0.3 is 6.03 Å². The Bertz CT molecular complexity index is 690. The Hall–Kier alpha value is -2.77. The molecule has 0 unspecified atom stereocenters. The molecule has 3 rings (SSSR count). The zero-order valence-corrected chi connectivity index (χ0v) is 12.2. The summed E-state index contributed by atoms with van der Waals surface area (Å²) in [5.41, 5.74) is -0.0345. The Kier molecular flexibility index (Phi) is 4.31. The molecule has 1 aromatic carbocycles. The molecule has 2 amide bonds. The van der Waals surface area contributed by atoms with Crippen LogP contribution in [0.3, 0.4) is 0 Å². The first-order valence-electron chi connectivity index (χ1n) is 7.15. The second-order valence-corrected chi connectivity index (χ2v) is 5.09. The highest BCUT2D eigenvalue weighted by atomic mass is 19.1. The number of hydrogen-bond acceptors (Lipinski definition) is 4. The lowest BCUT2D eigenvalue weighted by Crippen LogP contribution is -2.50. The lowest BCUT2D eigenvalue weighted by molar-refractivity contribution is 0.208. The minimum absolute atomic E-state index is 0.0345. The number of hydrogen-bond donors (Lipinski definition) is 1. The Labute approximate surface area is 131 Å². The first kappa shape index (κ1) is 15.1. The molecule has 120 valence electrons. The van der Waals surface area contributed by atoms with Crippen LogP contribution in [0.4, 0.5) is 25.1 Å². The van der Waals surface area contributed by atoms with Crippen molar-refractivity contribution in [3.63, 3.8) is 0 Å². The van der Waals surface area contributed by atoms with Crippen molar-refractivity contribution in [3.8, 4) is 0 Å². The second-order valence-electron chi connectivity index (χ2n) is 5.09. The van der Waals surface area contributed by atoms with Crippen molar-refractivity contribution < 1.29 is 13.6 Å². The van der Waals surface area contributed by atoms with E-state index in [1.165, 1.54) is 6.07 Å². The summed E-state index contributed by atoms with van der Waals surface area (Å²) in [6.45, 7) is 2.17. The topological polar surface area (TPSA) is 61.4 Å². The largest absolute Gasteiger partial charge is 0.352 e. The Morgan fingerprint density at radius 2 is 1.91 bits per heavy atom. The van der Waals surface area contributed by atoms with Crippen LogP contribution in [-0.4, -0.2) is 47.1 Å². The van der Waals surface area contributed by atoms with Crippen LogP contribution in [0.15, 0.2) is 36.8 Å². The second kappa shape index (κ2) is 6.55. The average Bonchev–Trinajstić information content (AvgIpc) is 2.58. The van der Waals surface area contributed by atoms with Crippen molar-refractivity contribution in [1.82, 2.24) is 14.9 Å². The van der Waals surface area contributed by atoms with Gasteiger partial charge in [0, 0.05) is 44.6 Å². The van der Waals surface area contributed by atoms with Crippen LogP contribution in [0.1, 0.15) is 0 Å². The van der Waals surface area contributed by atoms with Gasteiger partial charge in [-0.1, -0.05) is 0 Å². The molecule has 0 saturated carbocycles. The minimum Gasteiger partial charge on any atom is -0.352 e. The van der Waals surface area contributed by atoms with E-state index in [0.717, 1.165) is 18.0 Å². The molecule has 0 bridgehead atoms. The molecular weight excluding hydrogens is 304 g/mol. The number of carbonyl (C=O) groups is 1. The molecule has 0 spiro atoms. The fraction of sp³-hybridized carbons (Fsp3) is 0.267. The standard InChI is InChI=1S/C15H15F2N5O/c16-11-1-2-13(12(17)9-11)20-15(23)22-7-5-21(6-8-22)14-10-18-3-4-19-14/h1-4,9-10H,5-8H2,(H,20,23). The van der Waals surface area contributed by atoms with Crippen molar-refractivity contribution in [2.75, 3.05) is 36.4 Å². The lowest BCUT2D eigenvalue weighted by Gasteiger charge is -2.35. The summed E-state index contributed by atoms with van der Waals surface area (Å²) in [6, 6.07) is 2.64. The average molecular weight is 319 g/mol. The molecule has 0 atom stereocenters. The number of nitrogens with zero attached hydrogens (tertiary/aromatic N) is 4. The Balaban J connectivity index is 1.58. The van der Waals surface area contributed by atoms with E-state index >= 15 is 0 Å². The van der Waals surface area contributed by atoms with E-state index in [1.54, 1.807) is 23.5 Å². The molecule has 1 saturated heterocycles. The molecule has 8 heteroatoms. The van der Waals surface area contributed by atoms with Crippen molar-refractivity contribution in [1.29, 1.82) is 0 Å². The molecule has 1 aromatic heterocycles. The number of piperazine rings is 1. The fourth-order valence-corrected chi connectivity index (χ4v) is 2.38. The van der Waals surface area contributed by atoms with Crippen molar-refractivity contribution >= 4 is 17.5 Å². The fourth-order valence-electron chi connectivity index (χ4n) is 2.38. The molecule has 6 nitrogen and oxygen atoms in total. The third-order valence-electron chi connectivity index (χ3n) is 3.61. The normalized spacial score (nSPS) is 14.7. The van der Waals surface area contributed by atoms with Crippen LogP contribution in [-0.2, 0) is 0 Å². The van der Waals surface area contributed by atoms with Gasteiger partial charge in [-0.05, 0) is 12.1 Å². The van der Waals surface area contributed by atoms with Gasteiger partial charge < -0.3 is 15.1 Å². The summed E-state index contributed by atoms with van der Waals surface area (Å²) < 4.78 is 26.4. The van der Waals surface area contributed by atoms with Gasteiger partial charge in [0.05, 0.1) is 11.9 Å². The number of amides is 2.